The third-order valence-corrected chi connectivity index (χ3v) is 3.78. The number of hydrogen-bond acceptors (Lipinski definition) is 2. The van der Waals surface area contributed by atoms with E-state index in [1.54, 1.807) is 0 Å². The summed E-state index contributed by atoms with van der Waals surface area (Å²) in [6, 6.07) is 11.7. The van der Waals surface area contributed by atoms with Crippen LogP contribution in [-0.4, -0.2) is 29.9 Å². The van der Waals surface area contributed by atoms with Crippen LogP contribution in [0.4, 0.5) is 0 Å². The molecule has 0 spiro atoms. The Morgan fingerprint density at radius 3 is 2.10 bits per heavy atom. The first-order valence-corrected chi connectivity index (χ1v) is 8.74. The standard InChI is InChI=1S/C17H29N2Si/c20-15-9-4-2-1-3-8-12-18-13-14-19-16-17-10-6-5-7-11-17/h5-7,10-11,18-19H,1-4,8-9,12-16H2. The number of unbranched alkanes of at least 4 members (excludes halogenated alkanes) is 5. The van der Waals surface area contributed by atoms with Crippen LogP contribution in [0.25, 0.3) is 0 Å². The molecule has 1 rings (SSSR count). The Balaban J connectivity index is 1.77. The zero-order valence-corrected chi connectivity index (χ0v) is 13.7. The summed E-state index contributed by atoms with van der Waals surface area (Å²) >= 11 is 0. The minimum Gasteiger partial charge on any atom is -0.315 e. The molecule has 111 valence electrons. The number of benzene rings is 1. The molecule has 0 atom stereocenters. The van der Waals surface area contributed by atoms with Crippen LogP contribution in [0.1, 0.15) is 44.1 Å². The second-order valence-electron chi connectivity index (χ2n) is 5.28. The van der Waals surface area contributed by atoms with Crippen LogP contribution in [-0.2, 0) is 6.54 Å². The molecule has 20 heavy (non-hydrogen) atoms. The van der Waals surface area contributed by atoms with Crippen molar-refractivity contribution in [3.05, 3.63) is 35.9 Å². The predicted molar refractivity (Wildman–Crippen MR) is 89.3 cm³/mol. The highest BCUT2D eigenvalue weighted by Gasteiger charge is 1.92. The maximum atomic E-state index is 3.52. The molecule has 0 aliphatic heterocycles. The molecule has 0 heterocycles. The van der Waals surface area contributed by atoms with Crippen molar-refractivity contribution in [3.8, 4) is 0 Å². The van der Waals surface area contributed by atoms with Crippen molar-refractivity contribution < 1.29 is 0 Å². The highest BCUT2D eigenvalue weighted by atomic mass is 28.1. The summed E-state index contributed by atoms with van der Waals surface area (Å²) in [4.78, 5) is 0. The summed E-state index contributed by atoms with van der Waals surface area (Å²) in [5.41, 5.74) is 1.36. The van der Waals surface area contributed by atoms with Gasteiger partial charge in [0.1, 0.15) is 0 Å². The molecule has 0 bridgehead atoms. The second kappa shape index (κ2) is 13.3. The van der Waals surface area contributed by atoms with Gasteiger partial charge >= 0.3 is 0 Å². The highest BCUT2D eigenvalue weighted by Crippen LogP contribution is 2.05. The quantitative estimate of drug-likeness (QED) is 0.430. The van der Waals surface area contributed by atoms with E-state index in [1.165, 1.54) is 44.1 Å². The first-order chi connectivity index (χ1) is 9.93. The van der Waals surface area contributed by atoms with Crippen molar-refractivity contribution in [1.29, 1.82) is 0 Å². The monoisotopic (exact) mass is 289 g/mol. The summed E-state index contributed by atoms with van der Waals surface area (Å²) in [6.45, 7) is 4.23. The van der Waals surface area contributed by atoms with Crippen molar-refractivity contribution in [1.82, 2.24) is 10.6 Å². The minimum absolute atomic E-state index is 0.968. The van der Waals surface area contributed by atoms with Crippen LogP contribution in [0.2, 0.25) is 6.04 Å². The Hall–Kier alpha value is -0.643. The van der Waals surface area contributed by atoms with Gasteiger partial charge in [-0.05, 0) is 18.5 Å². The zero-order valence-electron chi connectivity index (χ0n) is 12.7. The van der Waals surface area contributed by atoms with E-state index in [0.29, 0.717) is 0 Å². The van der Waals surface area contributed by atoms with Crippen LogP contribution < -0.4 is 10.6 Å². The van der Waals surface area contributed by atoms with Gasteiger partial charge in [-0.2, -0.15) is 0 Å². The lowest BCUT2D eigenvalue weighted by Crippen LogP contribution is -2.27. The van der Waals surface area contributed by atoms with Crippen molar-refractivity contribution in [3.63, 3.8) is 0 Å². The molecule has 0 fully saturated rings. The molecule has 2 N–H and O–H groups in total. The van der Waals surface area contributed by atoms with E-state index in [4.69, 9.17) is 0 Å². The van der Waals surface area contributed by atoms with Gasteiger partial charge in [-0.15, -0.1) is 0 Å². The van der Waals surface area contributed by atoms with Gasteiger partial charge < -0.3 is 10.6 Å². The molecule has 3 radical (unpaired) electrons. The third kappa shape index (κ3) is 10.2. The molecule has 1 aromatic rings. The lowest BCUT2D eigenvalue weighted by atomic mass is 10.1. The molecule has 1 aromatic carbocycles. The van der Waals surface area contributed by atoms with Crippen molar-refractivity contribution in [2.24, 2.45) is 0 Å². The Labute approximate surface area is 128 Å². The van der Waals surface area contributed by atoms with Crippen LogP contribution in [0, 0.1) is 0 Å². The molecule has 0 amide bonds. The first kappa shape index (κ1) is 17.4. The van der Waals surface area contributed by atoms with Gasteiger partial charge in [0.15, 0.2) is 0 Å². The predicted octanol–water partition coefficient (Wildman–Crippen LogP) is 3.29. The van der Waals surface area contributed by atoms with E-state index in [2.05, 4.69) is 51.2 Å². The first-order valence-electron chi connectivity index (χ1n) is 8.03. The summed E-state index contributed by atoms with van der Waals surface area (Å²) in [7, 11) is 3.52. The molecular formula is C17H29N2Si. The number of nitrogens with one attached hydrogen (secondary N) is 2. The molecule has 0 aromatic heterocycles. The van der Waals surface area contributed by atoms with Crippen LogP contribution in [0.3, 0.4) is 0 Å². The Morgan fingerprint density at radius 2 is 1.35 bits per heavy atom. The van der Waals surface area contributed by atoms with Gasteiger partial charge in [-0.25, -0.2) is 0 Å². The van der Waals surface area contributed by atoms with Crippen molar-refractivity contribution in [2.45, 2.75) is 51.1 Å². The van der Waals surface area contributed by atoms with Crippen LogP contribution in [0.5, 0.6) is 0 Å². The van der Waals surface area contributed by atoms with Gasteiger partial charge in [-0.3, -0.25) is 0 Å². The van der Waals surface area contributed by atoms with Gasteiger partial charge in [0.2, 0.25) is 0 Å². The topological polar surface area (TPSA) is 24.1 Å². The van der Waals surface area contributed by atoms with Gasteiger partial charge in [0.05, 0.1) is 0 Å². The average Bonchev–Trinajstić information content (AvgIpc) is 2.49. The number of hydrogen-bond donors (Lipinski definition) is 2. The fraction of sp³-hybridized carbons (Fsp3) is 0.647. The molecule has 0 unspecified atom stereocenters. The summed E-state index contributed by atoms with van der Waals surface area (Å²) in [5.74, 6) is 0. The Kier molecular flexibility index (Phi) is 11.6. The maximum Gasteiger partial charge on any atom is 0.0222 e. The lowest BCUT2D eigenvalue weighted by Gasteiger charge is -2.07. The van der Waals surface area contributed by atoms with Crippen molar-refractivity contribution >= 4 is 10.2 Å². The molecule has 0 saturated heterocycles. The summed E-state index contributed by atoms with van der Waals surface area (Å²) < 4.78 is 0. The molecular weight excluding hydrogens is 260 g/mol. The number of rotatable bonds is 13. The van der Waals surface area contributed by atoms with Crippen LogP contribution in [0.15, 0.2) is 30.3 Å². The van der Waals surface area contributed by atoms with E-state index in [1.807, 2.05) is 0 Å². The fourth-order valence-electron chi connectivity index (χ4n) is 2.21. The largest absolute Gasteiger partial charge is 0.315 e. The third-order valence-electron chi connectivity index (χ3n) is 3.43. The summed E-state index contributed by atoms with van der Waals surface area (Å²) in [5, 5.41) is 6.96. The highest BCUT2D eigenvalue weighted by molar-refractivity contribution is 6.08. The van der Waals surface area contributed by atoms with E-state index < -0.39 is 0 Å². The Morgan fingerprint density at radius 1 is 0.700 bits per heavy atom. The average molecular weight is 290 g/mol. The molecule has 0 saturated carbocycles. The second-order valence-corrected chi connectivity index (χ2v) is 5.78. The van der Waals surface area contributed by atoms with E-state index in [-0.39, 0.29) is 0 Å². The molecule has 3 heteroatoms. The SMILES string of the molecule is [Si]CCCCCCCCNCCNCc1ccccc1. The van der Waals surface area contributed by atoms with Gasteiger partial charge in [0.25, 0.3) is 0 Å². The molecule has 0 aliphatic carbocycles. The van der Waals surface area contributed by atoms with Gasteiger partial charge in [0, 0.05) is 29.9 Å². The Bertz CT molecular complexity index is 303. The van der Waals surface area contributed by atoms with Crippen molar-refractivity contribution in [2.75, 3.05) is 19.6 Å². The lowest BCUT2D eigenvalue weighted by molar-refractivity contribution is 0.557. The van der Waals surface area contributed by atoms with E-state index in [9.17, 15) is 0 Å². The fourth-order valence-corrected chi connectivity index (χ4v) is 2.46. The maximum absolute atomic E-state index is 3.52. The van der Waals surface area contributed by atoms with E-state index >= 15 is 0 Å². The minimum atomic E-state index is 0.968. The summed E-state index contributed by atoms with van der Waals surface area (Å²) in [6.07, 6.45) is 8.16. The van der Waals surface area contributed by atoms with Gasteiger partial charge in [-0.1, -0.05) is 68.5 Å². The zero-order chi connectivity index (χ0) is 14.3. The van der Waals surface area contributed by atoms with E-state index in [0.717, 1.165) is 32.2 Å². The smallest absolute Gasteiger partial charge is 0.0222 e. The molecule has 0 aliphatic rings. The normalized spacial score (nSPS) is 10.8. The van der Waals surface area contributed by atoms with Crippen LogP contribution >= 0.6 is 0 Å². The molecule has 2 nitrogen and oxygen atoms in total.